The average Bonchev–Trinajstić information content (AvgIpc) is 2.57. The Balaban J connectivity index is 2.02. The van der Waals surface area contributed by atoms with Gasteiger partial charge in [0.2, 0.25) is 0 Å². The molecule has 0 atom stereocenters. The maximum Gasteiger partial charge on any atom is 0.0843 e. The van der Waals surface area contributed by atoms with Crippen LogP contribution >= 0.6 is 0 Å². The maximum atomic E-state index is 8.43. The first-order valence-electron chi connectivity index (χ1n) is 4.57. The maximum absolute atomic E-state index is 8.43. The van der Waals surface area contributed by atoms with Crippen molar-refractivity contribution >= 4 is 0 Å². The molecule has 0 aromatic heterocycles. The Labute approximate surface area is 78.2 Å². The van der Waals surface area contributed by atoms with Crippen LogP contribution in [-0.2, 0) is 12.8 Å². The zero-order valence-corrected chi connectivity index (χ0v) is 7.46. The number of nitrogens with zero attached hydrogens (tertiary/aromatic N) is 1. The molecule has 0 heterocycles. The third kappa shape index (κ3) is 1.71. The van der Waals surface area contributed by atoms with Crippen LogP contribution in [0.15, 0.2) is 24.3 Å². The third-order valence-corrected chi connectivity index (χ3v) is 2.52. The Morgan fingerprint density at radius 3 is 2.46 bits per heavy atom. The van der Waals surface area contributed by atoms with E-state index in [1.165, 1.54) is 11.1 Å². The molecule has 0 fully saturated rings. The van der Waals surface area contributed by atoms with E-state index in [0.717, 1.165) is 12.8 Å². The molecule has 2 rings (SSSR count). The fraction of sp³-hybridized carbons (Fsp3) is 0.364. The Kier molecular flexibility index (Phi) is 2.29. The molecule has 0 spiro atoms. The van der Waals surface area contributed by atoms with Crippen LogP contribution in [0.5, 0.6) is 0 Å². The Morgan fingerprint density at radius 2 is 1.92 bits per heavy atom. The molecule has 0 bridgehead atoms. The molecular weight excluding hydrogens is 160 g/mol. The second-order valence-corrected chi connectivity index (χ2v) is 3.41. The van der Waals surface area contributed by atoms with Gasteiger partial charge in [0.1, 0.15) is 0 Å². The van der Waals surface area contributed by atoms with Gasteiger partial charge in [0.15, 0.2) is 0 Å². The molecule has 1 aromatic carbocycles. The molecule has 1 aliphatic rings. The summed E-state index contributed by atoms with van der Waals surface area (Å²) in [6.07, 6.45) is 2.13. The predicted octanol–water partition coefficient (Wildman–Crippen LogP) is 1.27. The zero-order valence-electron chi connectivity index (χ0n) is 7.46. The van der Waals surface area contributed by atoms with Crippen molar-refractivity contribution in [2.24, 2.45) is 0 Å². The first kappa shape index (κ1) is 8.28. The number of fused-ring (bicyclic) bond motifs is 1. The summed E-state index contributed by atoms with van der Waals surface area (Å²) in [5.74, 6) is 0. The number of hydrogen-bond donors (Lipinski definition) is 1. The number of rotatable bonds is 2. The van der Waals surface area contributed by atoms with Gasteiger partial charge < -0.3 is 5.32 Å². The van der Waals surface area contributed by atoms with E-state index < -0.39 is 0 Å². The SMILES string of the molecule is N#CCNC1Cc2ccccc2C1. The van der Waals surface area contributed by atoms with E-state index in [4.69, 9.17) is 5.26 Å². The fourth-order valence-electron chi connectivity index (χ4n) is 1.89. The lowest BCUT2D eigenvalue weighted by Gasteiger charge is -2.06. The largest absolute Gasteiger partial charge is 0.301 e. The van der Waals surface area contributed by atoms with Gasteiger partial charge in [-0.1, -0.05) is 24.3 Å². The molecule has 1 N–H and O–H groups in total. The van der Waals surface area contributed by atoms with Gasteiger partial charge in [-0.2, -0.15) is 5.26 Å². The number of nitrogens with one attached hydrogen (secondary N) is 1. The van der Waals surface area contributed by atoms with Gasteiger partial charge in [0, 0.05) is 6.04 Å². The van der Waals surface area contributed by atoms with Crippen molar-refractivity contribution < 1.29 is 0 Å². The van der Waals surface area contributed by atoms with Crippen LogP contribution in [0.2, 0.25) is 0 Å². The molecule has 0 saturated carbocycles. The molecule has 0 unspecified atom stereocenters. The first-order chi connectivity index (χ1) is 6.40. The second kappa shape index (κ2) is 3.59. The second-order valence-electron chi connectivity index (χ2n) is 3.41. The lowest BCUT2D eigenvalue weighted by molar-refractivity contribution is 0.569. The third-order valence-electron chi connectivity index (χ3n) is 2.52. The minimum atomic E-state index is 0.457. The highest BCUT2D eigenvalue weighted by Gasteiger charge is 2.19. The van der Waals surface area contributed by atoms with Crippen molar-refractivity contribution in [2.75, 3.05) is 6.54 Å². The van der Waals surface area contributed by atoms with Crippen molar-refractivity contribution in [2.45, 2.75) is 18.9 Å². The van der Waals surface area contributed by atoms with Gasteiger partial charge in [-0.25, -0.2) is 0 Å². The van der Waals surface area contributed by atoms with Crippen LogP contribution in [0.3, 0.4) is 0 Å². The smallest absolute Gasteiger partial charge is 0.0843 e. The summed E-state index contributed by atoms with van der Waals surface area (Å²) >= 11 is 0. The molecule has 2 nitrogen and oxygen atoms in total. The molecule has 0 aliphatic heterocycles. The molecule has 0 radical (unpaired) electrons. The van der Waals surface area contributed by atoms with Gasteiger partial charge in [-0.15, -0.1) is 0 Å². The minimum absolute atomic E-state index is 0.457. The van der Waals surface area contributed by atoms with Crippen molar-refractivity contribution in [3.8, 4) is 6.07 Å². The lowest BCUT2D eigenvalue weighted by Crippen LogP contribution is -2.29. The van der Waals surface area contributed by atoms with Gasteiger partial charge in [0.05, 0.1) is 12.6 Å². The highest BCUT2D eigenvalue weighted by atomic mass is 14.9. The quantitative estimate of drug-likeness (QED) is 0.682. The monoisotopic (exact) mass is 172 g/mol. The Morgan fingerprint density at radius 1 is 1.31 bits per heavy atom. The minimum Gasteiger partial charge on any atom is -0.301 e. The topological polar surface area (TPSA) is 35.8 Å². The van der Waals surface area contributed by atoms with E-state index >= 15 is 0 Å². The van der Waals surface area contributed by atoms with Crippen LogP contribution < -0.4 is 5.32 Å². The molecule has 13 heavy (non-hydrogen) atoms. The van der Waals surface area contributed by atoms with Gasteiger partial charge in [-0.05, 0) is 24.0 Å². The standard InChI is InChI=1S/C11H12N2/c12-5-6-13-11-7-9-3-1-2-4-10(9)8-11/h1-4,11,13H,6-8H2. The van der Waals surface area contributed by atoms with E-state index in [1.54, 1.807) is 0 Å². The summed E-state index contributed by atoms with van der Waals surface area (Å²) in [6.45, 7) is 0.457. The van der Waals surface area contributed by atoms with Gasteiger partial charge in [0.25, 0.3) is 0 Å². The van der Waals surface area contributed by atoms with Gasteiger partial charge in [-0.3, -0.25) is 0 Å². The molecular formula is C11H12N2. The van der Waals surface area contributed by atoms with Crippen LogP contribution in [0, 0.1) is 11.3 Å². The summed E-state index contributed by atoms with van der Waals surface area (Å²) in [6, 6.07) is 11.1. The zero-order chi connectivity index (χ0) is 9.10. The fourth-order valence-corrected chi connectivity index (χ4v) is 1.89. The first-order valence-corrected chi connectivity index (χ1v) is 4.57. The Hall–Kier alpha value is -1.33. The van der Waals surface area contributed by atoms with Crippen LogP contribution in [-0.4, -0.2) is 12.6 Å². The molecule has 0 amide bonds. The van der Waals surface area contributed by atoms with Crippen molar-refractivity contribution in [1.29, 1.82) is 5.26 Å². The molecule has 1 aromatic rings. The Bertz CT molecular complexity index is 313. The van der Waals surface area contributed by atoms with Crippen molar-refractivity contribution in [3.63, 3.8) is 0 Å². The number of nitriles is 1. The van der Waals surface area contributed by atoms with Crippen LogP contribution in [0.25, 0.3) is 0 Å². The van der Waals surface area contributed by atoms with E-state index in [9.17, 15) is 0 Å². The molecule has 1 aliphatic carbocycles. The lowest BCUT2D eigenvalue weighted by atomic mass is 10.1. The highest BCUT2D eigenvalue weighted by Crippen LogP contribution is 2.21. The average molecular weight is 172 g/mol. The summed E-state index contributed by atoms with van der Waals surface area (Å²) in [5.41, 5.74) is 2.86. The number of benzene rings is 1. The molecule has 0 saturated heterocycles. The molecule has 66 valence electrons. The summed E-state index contributed by atoms with van der Waals surface area (Å²) < 4.78 is 0. The van der Waals surface area contributed by atoms with E-state index in [0.29, 0.717) is 12.6 Å². The van der Waals surface area contributed by atoms with E-state index in [-0.39, 0.29) is 0 Å². The highest BCUT2D eigenvalue weighted by molar-refractivity contribution is 5.33. The van der Waals surface area contributed by atoms with E-state index in [2.05, 4.69) is 35.7 Å². The van der Waals surface area contributed by atoms with E-state index in [1.807, 2.05) is 0 Å². The van der Waals surface area contributed by atoms with Gasteiger partial charge >= 0.3 is 0 Å². The summed E-state index contributed by atoms with van der Waals surface area (Å²) in [4.78, 5) is 0. The summed E-state index contributed by atoms with van der Waals surface area (Å²) in [7, 11) is 0. The molecule has 2 heteroatoms. The van der Waals surface area contributed by atoms with Crippen molar-refractivity contribution in [3.05, 3.63) is 35.4 Å². The van der Waals surface area contributed by atoms with Crippen molar-refractivity contribution in [1.82, 2.24) is 5.32 Å². The normalized spacial score (nSPS) is 15.3. The van der Waals surface area contributed by atoms with Crippen LogP contribution in [0.1, 0.15) is 11.1 Å². The predicted molar refractivity (Wildman–Crippen MR) is 51.3 cm³/mol. The van der Waals surface area contributed by atoms with Crippen LogP contribution in [0.4, 0.5) is 0 Å². The summed E-state index contributed by atoms with van der Waals surface area (Å²) in [5, 5.41) is 11.6. The number of hydrogen-bond acceptors (Lipinski definition) is 2.